The molecule has 1 fully saturated rings. The minimum absolute atomic E-state index is 0.00245. The van der Waals surface area contributed by atoms with E-state index in [1.54, 1.807) is 25.3 Å². The summed E-state index contributed by atoms with van der Waals surface area (Å²) in [5.41, 5.74) is 1.55. The van der Waals surface area contributed by atoms with Crippen LogP contribution < -0.4 is 10.5 Å². The van der Waals surface area contributed by atoms with Gasteiger partial charge in [0, 0.05) is 24.8 Å². The van der Waals surface area contributed by atoms with Crippen molar-refractivity contribution in [3.8, 4) is 11.8 Å². The molecule has 0 unspecified atom stereocenters. The Balaban J connectivity index is 1.76. The summed E-state index contributed by atoms with van der Waals surface area (Å²) in [5.74, 6) is 6.68. The van der Waals surface area contributed by atoms with Gasteiger partial charge in [0.2, 0.25) is 5.95 Å². The van der Waals surface area contributed by atoms with Crippen LogP contribution in [0, 0.1) is 11.8 Å². The second-order valence-corrected chi connectivity index (χ2v) is 7.24. The summed E-state index contributed by atoms with van der Waals surface area (Å²) in [6, 6.07) is 10.9. The van der Waals surface area contributed by atoms with E-state index in [9.17, 15) is 9.59 Å². The van der Waals surface area contributed by atoms with E-state index in [0.29, 0.717) is 23.1 Å². The Bertz CT molecular complexity index is 1140. The zero-order valence-electron chi connectivity index (χ0n) is 16.6. The van der Waals surface area contributed by atoms with Crippen molar-refractivity contribution >= 4 is 22.8 Å². The summed E-state index contributed by atoms with van der Waals surface area (Å²) in [7, 11) is 0. The van der Waals surface area contributed by atoms with Gasteiger partial charge in [0.05, 0.1) is 18.6 Å². The molecule has 2 aromatic heterocycles. The van der Waals surface area contributed by atoms with Gasteiger partial charge in [-0.1, -0.05) is 36.3 Å². The number of rotatable bonds is 5. The minimum Gasteiger partial charge on any atom is -0.342 e. The van der Waals surface area contributed by atoms with Gasteiger partial charge in [0.1, 0.15) is 5.52 Å². The van der Waals surface area contributed by atoms with E-state index in [0.717, 1.165) is 31.9 Å². The van der Waals surface area contributed by atoms with Crippen LogP contribution in [0.5, 0.6) is 0 Å². The summed E-state index contributed by atoms with van der Waals surface area (Å²) in [6.07, 6.45) is 5.13. The van der Waals surface area contributed by atoms with Crippen LogP contribution in [-0.2, 0) is 13.1 Å². The van der Waals surface area contributed by atoms with E-state index in [2.05, 4.69) is 16.7 Å². The molecule has 0 N–H and O–H groups in total. The largest absolute Gasteiger partial charge is 0.342 e. The predicted octanol–water partition coefficient (Wildman–Crippen LogP) is 3.09. The second-order valence-electron chi connectivity index (χ2n) is 7.24. The Kier molecular flexibility index (Phi) is 5.48. The summed E-state index contributed by atoms with van der Waals surface area (Å²) in [5, 5.41) is 0. The molecule has 6 nitrogen and oxygen atoms in total. The molecule has 1 aliphatic rings. The van der Waals surface area contributed by atoms with Gasteiger partial charge < -0.3 is 9.47 Å². The molecule has 0 radical (unpaired) electrons. The fraction of sp³-hybridized carbons (Fsp3) is 0.348. The normalized spacial score (nSPS) is 13.9. The molecule has 0 aliphatic carbocycles. The maximum absolute atomic E-state index is 13.3. The van der Waals surface area contributed by atoms with Gasteiger partial charge >= 0.3 is 0 Å². The number of carbonyl (C=O) groups excluding carboxylic acids is 1. The molecule has 3 heterocycles. The lowest BCUT2D eigenvalue weighted by Gasteiger charge is -2.27. The van der Waals surface area contributed by atoms with Crippen LogP contribution in [0.15, 0.2) is 47.4 Å². The van der Waals surface area contributed by atoms with Crippen molar-refractivity contribution in [1.82, 2.24) is 14.1 Å². The Morgan fingerprint density at radius 3 is 2.59 bits per heavy atom. The van der Waals surface area contributed by atoms with Crippen LogP contribution >= 0.6 is 0 Å². The van der Waals surface area contributed by atoms with Crippen molar-refractivity contribution in [2.75, 3.05) is 18.0 Å². The first-order chi connectivity index (χ1) is 14.2. The molecule has 0 amide bonds. The SMILES string of the molecule is CC#CCn1c(N2CCCCC2)nc2ccn(CC(=O)c3ccccc3)c(=O)c21. The van der Waals surface area contributed by atoms with E-state index in [-0.39, 0.29) is 17.9 Å². The van der Waals surface area contributed by atoms with Gasteiger partial charge in [0.15, 0.2) is 5.78 Å². The molecule has 0 saturated carbocycles. The molecule has 6 heteroatoms. The van der Waals surface area contributed by atoms with Gasteiger partial charge in [-0.2, -0.15) is 0 Å². The van der Waals surface area contributed by atoms with Gasteiger partial charge in [-0.25, -0.2) is 4.98 Å². The third-order valence-electron chi connectivity index (χ3n) is 5.31. The third kappa shape index (κ3) is 3.81. The summed E-state index contributed by atoms with van der Waals surface area (Å²) < 4.78 is 3.37. The second kappa shape index (κ2) is 8.36. The molecular weight excluding hydrogens is 364 g/mol. The number of hydrogen-bond donors (Lipinski definition) is 0. The number of anilines is 1. The van der Waals surface area contributed by atoms with E-state index >= 15 is 0 Å². The van der Waals surface area contributed by atoms with E-state index < -0.39 is 0 Å². The number of pyridine rings is 1. The molecule has 3 aromatic rings. The van der Waals surface area contributed by atoms with Crippen molar-refractivity contribution in [2.45, 2.75) is 39.3 Å². The molecule has 0 spiro atoms. The number of fused-ring (bicyclic) bond motifs is 1. The highest BCUT2D eigenvalue weighted by molar-refractivity contribution is 5.96. The molecule has 0 bridgehead atoms. The van der Waals surface area contributed by atoms with Crippen LogP contribution in [-0.4, -0.2) is 33.0 Å². The first-order valence-electron chi connectivity index (χ1n) is 10.0. The summed E-state index contributed by atoms with van der Waals surface area (Å²) in [6.45, 7) is 4.07. The number of ketones is 1. The molecule has 1 saturated heterocycles. The highest BCUT2D eigenvalue weighted by atomic mass is 16.1. The number of carbonyl (C=O) groups is 1. The highest BCUT2D eigenvalue weighted by Gasteiger charge is 2.21. The fourth-order valence-corrected chi connectivity index (χ4v) is 3.80. The Hall–Kier alpha value is -3.33. The first kappa shape index (κ1) is 19.0. The lowest BCUT2D eigenvalue weighted by atomic mass is 10.1. The van der Waals surface area contributed by atoms with Crippen LogP contribution in [0.2, 0.25) is 0 Å². The van der Waals surface area contributed by atoms with E-state index in [1.807, 2.05) is 28.8 Å². The predicted molar refractivity (Wildman–Crippen MR) is 114 cm³/mol. The Morgan fingerprint density at radius 1 is 1.10 bits per heavy atom. The van der Waals surface area contributed by atoms with Gasteiger partial charge in [0.25, 0.3) is 5.56 Å². The zero-order valence-corrected chi connectivity index (χ0v) is 16.6. The number of imidazole rings is 1. The van der Waals surface area contributed by atoms with Gasteiger partial charge in [-0.3, -0.25) is 14.2 Å². The van der Waals surface area contributed by atoms with Crippen molar-refractivity contribution in [2.24, 2.45) is 0 Å². The standard InChI is InChI=1S/C23H24N4O2/c1-2-3-15-27-21-19(24-23(27)25-13-8-5-9-14-25)12-16-26(22(21)29)17-20(28)18-10-6-4-7-11-18/h4,6-7,10-12,16H,5,8-9,13-15,17H2,1H3. The van der Waals surface area contributed by atoms with Crippen molar-refractivity contribution < 1.29 is 4.79 Å². The maximum Gasteiger partial charge on any atom is 0.277 e. The average Bonchev–Trinajstić information content (AvgIpc) is 3.14. The van der Waals surface area contributed by atoms with Crippen LogP contribution in [0.3, 0.4) is 0 Å². The first-order valence-corrected chi connectivity index (χ1v) is 10.0. The molecule has 1 aliphatic heterocycles. The number of Topliss-reactive ketones (excluding diaryl/α,β-unsaturated/α-hetero) is 1. The number of benzene rings is 1. The Labute approximate surface area is 169 Å². The van der Waals surface area contributed by atoms with Crippen LogP contribution in [0.1, 0.15) is 36.5 Å². The smallest absolute Gasteiger partial charge is 0.277 e. The third-order valence-corrected chi connectivity index (χ3v) is 5.31. The van der Waals surface area contributed by atoms with Gasteiger partial charge in [-0.15, -0.1) is 5.92 Å². The molecular formula is C23H24N4O2. The Morgan fingerprint density at radius 2 is 1.86 bits per heavy atom. The lowest BCUT2D eigenvalue weighted by molar-refractivity contribution is 0.0971. The van der Waals surface area contributed by atoms with Crippen molar-refractivity contribution in [3.05, 3.63) is 58.5 Å². The molecule has 0 atom stereocenters. The number of piperidine rings is 1. The quantitative estimate of drug-likeness (QED) is 0.498. The number of hydrogen-bond acceptors (Lipinski definition) is 4. The van der Waals surface area contributed by atoms with Crippen LogP contribution in [0.4, 0.5) is 5.95 Å². The van der Waals surface area contributed by atoms with E-state index in [1.165, 1.54) is 11.0 Å². The average molecular weight is 388 g/mol. The molecule has 29 heavy (non-hydrogen) atoms. The van der Waals surface area contributed by atoms with Crippen molar-refractivity contribution in [3.63, 3.8) is 0 Å². The van der Waals surface area contributed by atoms with E-state index in [4.69, 9.17) is 4.98 Å². The fourth-order valence-electron chi connectivity index (χ4n) is 3.80. The van der Waals surface area contributed by atoms with Gasteiger partial charge in [-0.05, 0) is 32.3 Å². The molecule has 1 aromatic carbocycles. The minimum atomic E-state index is -0.208. The number of aromatic nitrogens is 3. The summed E-state index contributed by atoms with van der Waals surface area (Å²) in [4.78, 5) is 32.8. The topological polar surface area (TPSA) is 60.1 Å². The lowest BCUT2D eigenvalue weighted by Crippen LogP contribution is -2.32. The maximum atomic E-state index is 13.3. The van der Waals surface area contributed by atoms with Crippen LogP contribution in [0.25, 0.3) is 11.0 Å². The summed E-state index contributed by atoms with van der Waals surface area (Å²) >= 11 is 0. The highest BCUT2D eigenvalue weighted by Crippen LogP contribution is 2.23. The molecule has 4 rings (SSSR count). The zero-order chi connectivity index (χ0) is 20.2. The monoisotopic (exact) mass is 388 g/mol. The number of nitrogens with zero attached hydrogens (tertiary/aromatic N) is 4. The molecule has 148 valence electrons. The van der Waals surface area contributed by atoms with Crippen molar-refractivity contribution in [1.29, 1.82) is 0 Å².